The van der Waals surface area contributed by atoms with Gasteiger partial charge in [0, 0.05) is 36.9 Å². The van der Waals surface area contributed by atoms with Gasteiger partial charge in [0.25, 0.3) is 0 Å². The standard InChI is InChI=1S/C16H19NO2.C7H14/c1-2-15-11-14-10-13(16(19)4-3-9-18)6-5-12(14)7-8-17-15;1-7-5-3-2-4-6-7/h5-6,8,10-11,18H,2-4,7,9H2,1H3;7H,2-6H2,1H3. The number of aliphatic imine (C=N–C) groups is 1. The van der Waals surface area contributed by atoms with Crippen molar-refractivity contribution in [3.63, 3.8) is 0 Å². The van der Waals surface area contributed by atoms with E-state index in [4.69, 9.17) is 5.11 Å². The van der Waals surface area contributed by atoms with Gasteiger partial charge in [0.15, 0.2) is 5.78 Å². The molecule has 3 rings (SSSR count). The van der Waals surface area contributed by atoms with E-state index in [1.165, 1.54) is 37.7 Å². The normalized spacial score (nSPS) is 16.8. The van der Waals surface area contributed by atoms with E-state index in [9.17, 15) is 4.79 Å². The van der Waals surface area contributed by atoms with Gasteiger partial charge in [-0.2, -0.15) is 0 Å². The van der Waals surface area contributed by atoms with E-state index < -0.39 is 0 Å². The SMILES string of the molecule is CC1CCCCC1.CCC1=Cc2cc(C(=O)CCCO)ccc2CC=N1. The van der Waals surface area contributed by atoms with Crippen LogP contribution in [0.4, 0.5) is 0 Å². The van der Waals surface area contributed by atoms with Crippen LogP contribution < -0.4 is 0 Å². The van der Waals surface area contributed by atoms with E-state index in [1.807, 2.05) is 24.4 Å². The van der Waals surface area contributed by atoms with Crippen LogP contribution >= 0.6 is 0 Å². The largest absolute Gasteiger partial charge is 0.396 e. The fourth-order valence-corrected chi connectivity index (χ4v) is 3.45. The van der Waals surface area contributed by atoms with Gasteiger partial charge in [-0.25, -0.2) is 0 Å². The number of fused-ring (bicyclic) bond motifs is 1. The molecule has 3 nitrogen and oxygen atoms in total. The summed E-state index contributed by atoms with van der Waals surface area (Å²) in [6, 6.07) is 5.82. The summed E-state index contributed by atoms with van der Waals surface area (Å²) in [7, 11) is 0. The second kappa shape index (κ2) is 11.1. The quantitative estimate of drug-likeness (QED) is 0.698. The fraction of sp³-hybridized carbons (Fsp3) is 0.565. The molecule has 0 bridgehead atoms. The molecule has 1 aromatic carbocycles. The molecule has 1 fully saturated rings. The molecule has 0 atom stereocenters. The van der Waals surface area contributed by atoms with E-state index in [0.717, 1.165) is 35.6 Å². The fourth-order valence-electron chi connectivity index (χ4n) is 3.45. The monoisotopic (exact) mass is 355 g/mol. The predicted octanol–water partition coefficient (Wildman–Crippen LogP) is 5.61. The molecule has 26 heavy (non-hydrogen) atoms. The molecule has 1 saturated carbocycles. The number of rotatable bonds is 5. The highest BCUT2D eigenvalue weighted by Gasteiger charge is 2.10. The second-order valence-corrected chi connectivity index (χ2v) is 7.41. The molecule has 0 aromatic heterocycles. The van der Waals surface area contributed by atoms with E-state index in [0.29, 0.717) is 12.8 Å². The molecule has 0 radical (unpaired) electrons. The van der Waals surface area contributed by atoms with Crippen molar-refractivity contribution in [1.29, 1.82) is 0 Å². The van der Waals surface area contributed by atoms with Crippen LogP contribution in [0.1, 0.15) is 86.7 Å². The van der Waals surface area contributed by atoms with Crippen molar-refractivity contribution in [2.75, 3.05) is 6.61 Å². The number of ketones is 1. The number of hydrogen-bond donors (Lipinski definition) is 1. The van der Waals surface area contributed by atoms with Gasteiger partial charge in [-0.3, -0.25) is 9.79 Å². The maximum Gasteiger partial charge on any atom is 0.162 e. The maximum atomic E-state index is 12.0. The molecule has 1 N–H and O–H groups in total. The van der Waals surface area contributed by atoms with Gasteiger partial charge in [-0.15, -0.1) is 0 Å². The first-order valence-electron chi connectivity index (χ1n) is 10.1. The molecule has 142 valence electrons. The minimum Gasteiger partial charge on any atom is -0.396 e. The van der Waals surface area contributed by atoms with Crippen LogP contribution in [-0.4, -0.2) is 23.7 Å². The van der Waals surface area contributed by atoms with E-state index in [1.54, 1.807) is 0 Å². The van der Waals surface area contributed by atoms with Crippen molar-refractivity contribution >= 4 is 18.1 Å². The third kappa shape index (κ3) is 6.53. The van der Waals surface area contributed by atoms with Gasteiger partial charge in [0.1, 0.15) is 0 Å². The lowest BCUT2D eigenvalue weighted by atomic mass is 9.91. The van der Waals surface area contributed by atoms with Crippen molar-refractivity contribution in [2.45, 2.75) is 71.6 Å². The Balaban J connectivity index is 0.000000290. The Morgan fingerprint density at radius 2 is 2.00 bits per heavy atom. The Bertz CT molecular complexity index is 640. The lowest BCUT2D eigenvalue weighted by molar-refractivity contribution is 0.0971. The summed E-state index contributed by atoms with van der Waals surface area (Å²) in [5.41, 5.74) is 4.05. The summed E-state index contributed by atoms with van der Waals surface area (Å²) in [6.45, 7) is 4.49. The molecule has 1 heterocycles. The second-order valence-electron chi connectivity index (χ2n) is 7.41. The Morgan fingerprint density at radius 3 is 2.62 bits per heavy atom. The van der Waals surface area contributed by atoms with Gasteiger partial charge in [0.05, 0.1) is 0 Å². The molecule has 2 aliphatic rings. The van der Waals surface area contributed by atoms with Crippen molar-refractivity contribution in [1.82, 2.24) is 0 Å². The Labute approximate surface area is 158 Å². The van der Waals surface area contributed by atoms with Crippen molar-refractivity contribution in [3.8, 4) is 0 Å². The molecule has 0 spiro atoms. The van der Waals surface area contributed by atoms with Crippen molar-refractivity contribution in [2.24, 2.45) is 10.9 Å². The van der Waals surface area contributed by atoms with Crippen LogP contribution in [-0.2, 0) is 6.42 Å². The zero-order valence-corrected chi connectivity index (χ0v) is 16.3. The minimum atomic E-state index is 0.0599. The minimum absolute atomic E-state index is 0.0599. The molecule has 0 unspecified atom stereocenters. The lowest BCUT2D eigenvalue weighted by Crippen LogP contribution is -2.02. The van der Waals surface area contributed by atoms with Crippen LogP contribution in [0.25, 0.3) is 6.08 Å². The van der Waals surface area contributed by atoms with E-state index >= 15 is 0 Å². The topological polar surface area (TPSA) is 49.7 Å². The van der Waals surface area contributed by atoms with Crippen LogP contribution in [0.3, 0.4) is 0 Å². The van der Waals surface area contributed by atoms with Crippen LogP contribution in [0.15, 0.2) is 28.9 Å². The zero-order chi connectivity index (χ0) is 18.8. The first-order valence-corrected chi connectivity index (χ1v) is 10.1. The molecule has 0 saturated heterocycles. The van der Waals surface area contributed by atoms with Gasteiger partial charge in [-0.05, 0) is 42.0 Å². The van der Waals surface area contributed by atoms with Crippen molar-refractivity contribution in [3.05, 3.63) is 40.6 Å². The molecular weight excluding hydrogens is 322 g/mol. The zero-order valence-electron chi connectivity index (χ0n) is 16.3. The molecule has 1 aliphatic heterocycles. The molecule has 3 heteroatoms. The predicted molar refractivity (Wildman–Crippen MR) is 110 cm³/mol. The average molecular weight is 356 g/mol. The Morgan fingerprint density at radius 1 is 1.23 bits per heavy atom. The smallest absolute Gasteiger partial charge is 0.162 e. The highest BCUT2D eigenvalue weighted by atomic mass is 16.3. The van der Waals surface area contributed by atoms with Crippen molar-refractivity contribution < 1.29 is 9.90 Å². The molecular formula is C23H33NO2. The number of hydrogen-bond acceptors (Lipinski definition) is 3. The highest BCUT2D eigenvalue weighted by Crippen LogP contribution is 2.22. The number of Topliss-reactive ketones (excluding diaryl/α,β-unsaturated/α-hetero) is 1. The van der Waals surface area contributed by atoms with E-state index in [-0.39, 0.29) is 12.4 Å². The first kappa shape index (κ1) is 20.6. The van der Waals surface area contributed by atoms with Gasteiger partial charge < -0.3 is 5.11 Å². The number of carbonyl (C=O) groups excluding carboxylic acids is 1. The summed E-state index contributed by atoms with van der Waals surface area (Å²) in [6.07, 6.45) is 14.0. The van der Waals surface area contributed by atoms with Crippen LogP contribution in [0.5, 0.6) is 0 Å². The number of aliphatic hydroxyl groups is 1. The Kier molecular flexibility index (Phi) is 8.76. The highest BCUT2D eigenvalue weighted by molar-refractivity contribution is 5.97. The first-order chi connectivity index (χ1) is 12.6. The van der Waals surface area contributed by atoms with Gasteiger partial charge >= 0.3 is 0 Å². The maximum absolute atomic E-state index is 12.0. The number of benzene rings is 1. The van der Waals surface area contributed by atoms with Gasteiger partial charge in [-0.1, -0.05) is 58.1 Å². The molecule has 0 amide bonds. The number of carbonyl (C=O) groups is 1. The molecule has 1 aliphatic carbocycles. The third-order valence-corrected chi connectivity index (χ3v) is 5.18. The van der Waals surface area contributed by atoms with Crippen LogP contribution in [0.2, 0.25) is 0 Å². The average Bonchev–Trinajstić information content (AvgIpc) is 2.88. The summed E-state index contributed by atoms with van der Waals surface area (Å²) in [4.78, 5) is 16.4. The number of aliphatic hydroxyl groups excluding tert-OH is 1. The summed E-state index contributed by atoms with van der Waals surface area (Å²) >= 11 is 0. The summed E-state index contributed by atoms with van der Waals surface area (Å²) in [5, 5.41) is 8.78. The summed E-state index contributed by atoms with van der Waals surface area (Å²) in [5.74, 6) is 1.13. The van der Waals surface area contributed by atoms with E-state index in [2.05, 4.69) is 24.9 Å². The lowest BCUT2D eigenvalue weighted by Gasteiger charge is -2.15. The Hall–Kier alpha value is -1.74. The number of nitrogens with zero attached hydrogens (tertiary/aromatic N) is 1. The summed E-state index contributed by atoms with van der Waals surface area (Å²) < 4.78 is 0. The third-order valence-electron chi connectivity index (χ3n) is 5.18. The number of allylic oxidation sites excluding steroid dienone is 1. The molecule has 1 aromatic rings. The van der Waals surface area contributed by atoms with Gasteiger partial charge in [0.2, 0.25) is 0 Å². The van der Waals surface area contributed by atoms with Crippen LogP contribution in [0, 0.1) is 5.92 Å².